The molecule has 0 aromatic carbocycles. The molecule has 1 amide bonds. The van der Waals surface area contributed by atoms with E-state index in [9.17, 15) is 4.79 Å². The number of aromatic nitrogens is 5. The Labute approximate surface area is 200 Å². The summed E-state index contributed by atoms with van der Waals surface area (Å²) in [5.74, 6) is 2.36. The summed E-state index contributed by atoms with van der Waals surface area (Å²) >= 11 is 0. The standard InChI is InChI=1S/C23H24N8O4/c1-34-22-21(17-8-19(31-30-17)29-20-11-25-14(9-24)10-26-20)18(7-16(28-22)12-2-3-12)35-15-5-4-13(6-15)27-23(32)33/h7-8,10-13,15,27H,2-6H2,1H3,(H,32,33)(H2,26,29,30,31)/t13-,15+/m0/s1. The fraction of sp³-hybridized carbons (Fsp3) is 0.391. The lowest BCUT2D eigenvalue weighted by Crippen LogP contribution is -2.32. The number of H-pyrrole nitrogens is 1. The van der Waals surface area contributed by atoms with Gasteiger partial charge in [0, 0.05) is 30.5 Å². The number of nitrogens with zero attached hydrogens (tertiary/aromatic N) is 5. The van der Waals surface area contributed by atoms with Crippen molar-refractivity contribution in [2.24, 2.45) is 0 Å². The van der Waals surface area contributed by atoms with Crippen LogP contribution in [0.25, 0.3) is 11.3 Å². The maximum absolute atomic E-state index is 11.0. The number of hydrogen-bond donors (Lipinski definition) is 4. The van der Waals surface area contributed by atoms with Crippen LogP contribution >= 0.6 is 0 Å². The zero-order chi connectivity index (χ0) is 24.4. The van der Waals surface area contributed by atoms with Crippen LogP contribution in [-0.4, -0.2) is 55.6 Å². The van der Waals surface area contributed by atoms with Crippen molar-refractivity contribution in [2.75, 3.05) is 12.4 Å². The number of rotatable bonds is 8. The van der Waals surface area contributed by atoms with E-state index < -0.39 is 6.09 Å². The van der Waals surface area contributed by atoms with Crippen LogP contribution in [0, 0.1) is 11.3 Å². The van der Waals surface area contributed by atoms with Gasteiger partial charge in [-0.1, -0.05) is 0 Å². The quantitative estimate of drug-likeness (QED) is 0.378. The number of aromatic amines is 1. The SMILES string of the molecule is COc1nc(C2CC2)cc(O[C@@H]2CC[C@H](NC(=O)O)C2)c1-c1cc(Nc2cnc(C#N)cn2)n[nH]1. The second kappa shape index (κ2) is 9.46. The van der Waals surface area contributed by atoms with E-state index in [0.717, 1.165) is 25.0 Å². The maximum atomic E-state index is 11.0. The summed E-state index contributed by atoms with van der Waals surface area (Å²) in [6, 6.07) is 5.53. The molecule has 0 aliphatic heterocycles. The lowest BCUT2D eigenvalue weighted by Gasteiger charge is -2.19. The number of ether oxygens (including phenoxy) is 2. The molecule has 0 spiro atoms. The van der Waals surface area contributed by atoms with Crippen LogP contribution in [0.4, 0.5) is 16.4 Å². The van der Waals surface area contributed by atoms with Gasteiger partial charge in [-0.15, -0.1) is 0 Å². The Hall–Kier alpha value is -4.40. The second-order valence-corrected chi connectivity index (χ2v) is 8.59. The highest BCUT2D eigenvalue weighted by molar-refractivity contribution is 5.75. The molecule has 2 atom stereocenters. The molecule has 0 bridgehead atoms. The van der Waals surface area contributed by atoms with E-state index in [4.69, 9.17) is 24.8 Å². The Kier molecular flexibility index (Phi) is 6.05. The average molecular weight is 476 g/mol. The number of nitrogens with one attached hydrogen (secondary N) is 3. The molecule has 2 aliphatic rings. The van der Waals surface area contributed by atoms with Gasteiger partial charge in [-0.3, -0.25) is 5.10 Å². The Morgan fingerprint density at radius 1 is 1.20 bits per heavy atom. The Balaban J connectivity index is 1.42. The van der Waals surface area contributed by atoms with Crippen molar-refractivity contribution in [2.45, 2.75) is 50.2 Å². The van der Waals surface area contributed by atoms with Crippen molar-refractivity contribution >= 4 is 17.7 Å². The summed E-state index contributed by atoms with van der Waals surface area (Å²) in [5, 5.41) is 30.8. The summed E-state index contributed by atoms with van der Waals surface area (Å²) < 4.78 is 12.1. The maximum Gasteiger partial charge on any atom is 0.404 e. The zero-order valence-corrected chi connectivity index (χ0v) is 19.0. The van der Waals surface area contributed by atoms with Crippen molar-refractivity contribution in [3.8, 4) is 29.0 Å². The normalized spacial score (nSPS) is 19.1. The topological polar surface area (TPSA) is 171 Å². The van der Waals surface area contributed by atoms with E-state index in [1.807, 2.05) is 12.1 Å². The lowest BCUT2D eigenvalue weighted by molar-refractivity contribution is 0.185. The van der Waals surface area contributed by atoms with Gasteiger partial charge in [0.05, 0.1) is 30.9 Å². The van der Waals surface area contributed by atoms with E-state index in [0.29, 0.717) is 53.3 Å². The molecule has 5 rings (SSSR count). The Morgan fingerprint density at radius 3 is 2.74 bits per heavy atom. The fourth-order valence-electron chi connectivity index (χ4n) is 4.22. The fourth-order valence-corrected chi connectivity index (χ4v) is 4.22. The van der Waals surface area contributed by atoms with Crippen molar-refractivity contribution < 1.29 is 19.4 Å². The summed E-state index contributed by atoms with van der Waals surface area (Å²) in [7, 11) is 1.57. The van der Waals surface area contributed by atoms with Crippen LogP contribution in [0.15, 0.2) is 24.5 Å². The lowest BCUT2D eigenvalue weighted by atomic mass is 10.1. The van der Waals surface area contributed by atoms with E-state index in [1.165, 1.54) is 12.4 Å². The van der Waals surface area contributed by atoms with Crippen LogP contribution in [-0.2, 0) is 0 Å². The van der Waals surface area contributed by atoms with Gasteiger partial charge in [0.1, 0.15) is 29.3 Å². The van der Waals surface area contributed by atoms with Gasteiger partial charge in [-0.2, -0.15) is 10.4 Å². The molecule has 12 nitrogen and oxygen atoms in total. The third-order valence-corrected chi connectivity index (χ3v) is 6.03. The smallest absolute Gasteiger partial charge is 0.404 e. The summed E-state index contributed by atoms with van der Waals surface area (Å²) in [6.45, 7) is 0. The molecule has 2 aliphatic carbocycles. The number of methoxy groups -OCH3 is 1. The number of carboxylic acid groups (broad SMARTS) is 1. The minimum atomic E-state index is -1.03. The molecule has 12 heteroatoms. The third-order valence-electron chi connectivity index (χ3n) is 6.03. The minimum absolute atomic E-state index is 0.135. The summed E-state index contributed by atoms with van der Waals surface area (Å²) in [5.41, 5.74) is 2.41. The highest BCUT2D eigenvalue weighted by atomic mass is 16.5. The number of nitriles is 1. The van der Waals surface area contributed by atoms with Crippen LogP contribution in [0.1, 0.15) is 49.4 Å². The largest absolute Gasteiger partial charge is 0.489 e. The van der Waals surface area contributed by atoms with Gasteiger partial charge in [-0.05, 0) is 25.7 Å². The molecule has 2 fully saturated rings. The molecule has 0 saturated heterocycles. The molecular weight excluding hydrogens is 452 g/mol. The number of amides is 1. The van der Waals surface area contributed by atoms with Crippen LogP contribution in [0.3, 0.4) is 0 Å². The van der Waals surface area contributed by atoms with Gasteiger partial charge in [0.15, 0.2) is 11.5 Å². The molecule has 0 radical (unpaired) electrons. The monoisotopic (exact) mass is 476 g/mol. The molecule has 3 aromatic heterocycles. The molecular formula is C23H24N8O4. The van der Waals surface area contributed by atoms with Crippen molar-refractivity contribution in [3.05, 3.63) is 35.9 Å². The van der Waals surface area contributed by atoms with Gasteiger partial charge in [-0.25, -0.2) is 19.7 Å². The first-order chi connectivity index (χ1) is 17.0. The molecule has 3 aromatic rings. The first-order valence-corrected chi connectivity index (χ1v) is 11.3. The molecule has 4 N–H and O–H groups in total. The summed E-state index contributed by atoms with van der Waals surface area (Å²) in [6.07, 6.45) is 5.85. The minimum Gasteiger partial charge on any atom is -0.489 e. The summed E-state index contributed by atoms with van der Waals surface area (Å²) in [4.78, 5) is 23.9. The Bertz CT molecular complexity index is 1270. The third kappa shape index (κ3) is 5.08. The van der Waals surface area contributed by atoms with Crippen LogP contribution in [0.2, 0.25) is 0 Å². The molecule has 0 unspecified atom stereocenters. The molecule has 2 saturated carbocycles. The average Bonchev–Trinajstić information content (AvgIpc) is 3.47. The van der Waals surface area contributed by atoms with E-state index in [-0.39, 0.29) is 17.8 Å². The van der Waals surface area contributed by atoms with Gasteiger partial charge >= 0.3 is 6.09 Å². The van der Waals surface area contributed by atoms with E-state index in [1.54, 1.807) is 13.2 Å². The molecule has 180 valence electrons. The van der Waals surface area contributed by atoms with Crippen molar-refractivity contribution in [1.29, 1.82) is 5.26 Å². The van der Waals surface area contributed by atoms with Gasteiger partial charge < -0.3 is 25.2 Å². The number of carbonyl (C=O) groups is 1. The Morgan fingerprint density at radius 2 is 2.06 bits per heavy atom. The second-order valence-electron chi connectivity index (χ2n) is 8.59. The van der Waals surface area contributed by atoms with Gasteiger partial charge in [0.25, 0.3) is 0 Å². The zero-order valence-electron chi connectivity index (χ0n) is 19.0. The molecule has 35 heavy (non-hydrogen) atoms. The van der Waals surface area contributed by atoms with Crippen molar-refractivity contribution in [3.63, 3.8) is 0 Å². The number of anilines is 2. The first kappa shape index (κ1) is 22.4. The van der Waals surface area contributed by atoms with E-state index in [2.05, 4.69) is 30.8 Å². The number of hydrogen-bond acceptors (Lipinski definition) is 9. The molecule has 3 heterocycles. The van der Waals surface area contributed by atoms with E-state index >= 15 is 0 Å². The predicted octanol–water partition coefficient (Wildman–Crippen LogP) is 3.33. The highest BCUT2D eigenvalue weighted by Crippen LogP contribution is 2.45. The van der Waals surface area contributed by atoms with Gasteiger partial charge in [0.2, 0.25) is 5.88 Å². The number of pyridine rings is 1. The van der Waals surface area contributed by atoms with Crippen LogP contribution < -0.4 is 20.1 Å². The predicted molar refractivity (Wildman–Crippen MR) is 124 cm³/mol. The highest BCUT2D eigenvalue weighted by Gasteiger charge is 2.32. The van der Waals surface area contributed by atoms with Crippen LogP contribution in [0.5, 0.6) is 11.6 Å². The first-order valence-electron chi connectivity index (χ1n) is 11.3. The van der Waals surface area contributed by atoms with Crippen molar-refractivity contribution in [1.82, 2.24) is 30.5 Å².